The Morgan fingerprint density at radius 1 is 1.24 bits per heavy atom. The van der Waals surface area contributed by atoms with Crippen LogP contribution >= 0.6 is 0 Å². The molecule has 0 heterocycles. The number of rotatable bonds is 4. The summed E-state index contributed by atoms with van der Waals surface area (Å²) in [5.41, 5.74) is 7.24. The van der Waals surface area contributed by atoms with E-state index in [0.717, 1.165) is 5.56 Å². The second kappa shape index (κ2) is 7.01. The second-order valence-corrected chi connectivity index (χ2v) is 6.94. The number of ether oxygens (including phenoxy) is 1. The molecule has 0 saturated carbocycles. The highest BCUT2D eigenvalue weighted by Crippen LogP contribution is 2.29. The zero-order chi connectivity index (χ0) is 18.8. The molecule has 0 aliphatic heterocycles. The number of anilines is 1. The predicted molar refractivity (Wildman–Crippen MR) is 95.4 cm³/mol. The molecule has 2 rings (SSSR count). The van der Waals surface area contributed by atoms with Crippen LogP contribution in [0.4, 0.5) is 14.9 Å². The van der Waals surface area contributed by atoms with Crippen molar-refractivity contribution in [3.05, 3.63) is 53.3 Å². The first-order valence-electron chi connectivity index (χ1n) is 7.91. The normalized spacial score (nSPS) is 11.2. The van der Waals surface area contributed by atoms with E-state index in [2.05, 4.69) is 0 Å². The first-order valence-corrected chi connectivity index (χ1v) is 7.91. The van der Waals surface area contributed by atoms with Crippen molar-refractivity contribution in [3.63, 3.8) is 0 Å². The maximum absolute atomic E-state index is 14.0. The molecule has 3 N–H and O–H groups in total. The van der Waals surface area contributed by atoms with Gasteiger partial charge >= 0.3 is 6.09 Å². The fraction of sp³-hybridized carbons (Fsp3) is 0.316. The molecule has 0 spiro atoms. The van der Waals surface area contributed by atoms with E-state index in [-0.39, 0.29) is 12.3 Å². The number of halogens is 1. The highest BCUT2D eigenvalue weighted by Gasteiger charge is 2.26. The third-order valence-electron chi connectivity index (χ3n) is 3.80. The van der Waals surface area contributed by atoms with Gasteiger partial charge in [-0.1, -0.05) is 6.07 Å². The van der Waals surface area contributed by atoms with Gasteiger partial charge in [0.25, 0.3) is 0 Å². The largest absolute Gasteiger partial charge is 0.465 e. The minimum atomic E-state index is -1.04. The van der Waals surface area contributed by atoms with Crippen LogP contribution in [0, 0.1) is 12.7 Å². The molecule has 0 aromatic heterocycles. The predicted octanol–water partition coefficient (Wildman–Crippen LogP) is 4.79. The smallest absolute Gasteiger partial charge is 0.408 e. The van der Waals surface area contributed by atoms with Gasteiger partial charge in [-0.2, -0.15) is 0 Å². The molecule has 134 valence electrons. The Hall–Kier alpha value is -2.76. The molecule has 2 aromatic rings. The van der Waals surface area contributed by atoms with E-state index < -0.39 is 17.4 Å². The Labute approximate surface area is 146 Å². The van der Waals surface area contributed by atoms with Crippen molar-refractivity contribution in [2.45, 2.75) is 39.8 Å². The average Bonchev–Trinajstić information content (AvgIpc) is 2.48. The third kappa shape index (κ3) is 4.62. The summed E-state index contributed by atoms with van der Waals surface area (Å²) in [6.07, 6.45) is -1.04. The van der Waals surface area contributed by atoms with Gasteiger partial charge in [0.2, 0.25) is 0 Å². The van der Waals surface area contributed by atoms with E-state index in [1.54, 1.807) is 58.0 Å². The van der Waals surface area contributed by atoms with Crippen LogP contribution in [-0.2, 0) is 6.54 Å². The molecule has 0 bridgehead atoms. The number of carboxylic acid groups (broad SMARTS) is 1. The topological polar surface area (TPSA) is 75.8 Å². The van der Waals surface area contributed by atoms with Crippen LogP contribution < -0.4 is 10.5 Å². The lowest BCUT2D eigenvalue weighted by atomic mass is 10.0. The molecule has 0 saturated heterocycles. The summed E-state index contributed by atoms with van der Waals surface area (Å²) < 4.78 is 19.5. The van der Waals surface area contributed by atoms with E-state index in [1.165, 1.54) is 11.0 Å². The van der Waals surface area contributed by atoms with E-state index in [4.69, 9.17) is 10.5 Å². The van der Waals surface area contributed by atoms with E-state index in [1.807, 2.05) is 0 Å². The molecule has 0 fully saturated rings. The summed E-state index contributed by atoms with van der Waals surface area (Å²) in [6.45, 7) is 7.32. The number of nitrogens with two attached hydrogens (primary N) is 1. The number of nitrogen functional groups attached to an aromatic ring is 1. The van der Waals surface area contributed by atoms with Crippen LogP contribution in [0.5, 0.6) is 11.5 Å². The van der Waals surface area contributed by atoms with Crippen LogP contribution in [0.1, 0.15) is 31.9 Å². The number of nitrogens with zero attached hydrogens (tertiary/aromatic N) is 1. The van der Waals surface area contributed by atoms with Crippen molar-refractivity contribution < 1.29 is 19.0 Å². The molecular weight excluding hydrogens is 323 g/mol. The molecule has 0 atom stereocenters. The number of amides is 1. The highest BCUT2D eigenvalue weighted by atomic mass is 19.1. The van der Waals surface area contributed by atoms with Crippen molar-refractivity contribution in [2.75, 3.05) is 5.73 Å². The van der Waals surface area contributed by atoms with Crippen LogP contribution in [-0.4, -0.2) is 21.6 Å². The third-order valence-corrected chi connectivity index (χ3v) is 3.80. The van der Waals surface area contributed by atoms with Gasteiger partial charge in [0.05, 0.1) is 6.54 Å². The van der Waals surface area contributed by atoms with E-state index >= 15 is 0 Å². The summed E-state index contributed by atoms with van der Waals surface area (Å²) >= 11 is 0. The van der Waals surface area contributed by atoms with Gasteiger partial charge in [0.1, 0.15) is 5.75 Å². The molecule has 0 aliphatic carbocycles. The van der Waals surface area contributed by atoms with Crippen LogP contribution in [0.2, 0.25) is 0 Å². The zero-order valence-corrected chi connectivity index (χ0v) is 14.8. The number of hydrogen-bond donors (Lipinski definition) is 2. The zero-order valence-electron chi connectivity index (χ0n) is 14.8. The van der Waals surface area contributed by atoms with Crippen molar-refractivity contribution in [2.24, 2.45) is 0 Å². The number of aryl methyl sites for hydroxylation is 1. The van der Waals surface area contributed by atoms with Gasteiger partial charge in [0, 0.05) is 11.2 Å². The van der Waals surface area contributed by atoms with Gasteiger partial charge < -0.3 is 15.6 Å². The fourth-order valence-corrected chi connectivity index (χ4v) is 2.36. The van der Waals surface area contributed by atoms with E-state index in [9.17, 15) is 14.3 Å². The molecule has 0 unspecified atom stereocenters. The monoisotopic (exact) mass is 346 g/mol. The summed E-state index contributed by atoms with van der Waals surface area (Å²) in [6, 6.07) is 9.58. The van der Waals surface area contributed by atoms with Gasteiger partial charge in [-0.15, -0.1) is 0 Å². The average molecular weight is 346 g/mol. The summed E-state index contributed by atoms with van der Waals surface area (Å²) in [5.74, 6) is 0.0404. The molecule has 2 aromatic carbocycles. The lowest BCUT2D eigenvalue weighted by molar-refractivity contribution is 0.0956. The van der Waals surface area contributed by atoms with Crippen LogP contribution in [0.15, 0.2) is 36.4 Å². The van der Waals surface area contributed by atoms with Crippen molar-refractivity contribution >= 4 is 11.8 Å². The highest BCUT2D eigenvalue weighted by molar-refractivity contribution is 5.66. The minimum Gasteiger partial charge on any atom is -0.465 e. The maximum atomic E-state index is 14.0. The Bertz CT molecular complexity index is 785. The van der Waals surface area contributed by atoms with Crippen molar-refractivity contribution in [1.82, 2.24) is 4.90 Å². The molecule has 25 heavy (non-hydrogen) atoms. The van der Waals surface area contributed by atoms with Gasteiger partial charge in [-0.05, 0) is 69.2 Å². The molecule has 1 amide bonds. The Balaban J connectivity index is 2.29. The van der Waals surface area contributed by atoms with Gasteiger partial charge in [0.15, 0.2) is 11.6 Å². The van der Waals surface area contributed by atoms with Gasteiger partial charge in [-0.3, -0.25) is 4.90 Å². The van der Waals surface area contributed by atoms with Crippen LogP contribution in [0.25, 0.3) is 0 Å². The van der Waals surface area contributed by atoms with E-state index in [0.29, 0.717) is 17.0 Å². The summed E-state index contributed by atoms with van der Waals surface area (Å²) in [7, 11) is 0. The fourth-order valence-electron chi connectivity index (χ4n) is 2.36. The lowest BCUT2D eigenvalue weighted by Crippen LogP contribution is -2.44. The second-order valence-electron chi connectivity index (χ2n) is 6.94. The summed E-state index contributed by atoms with van der Waals surface area (Å²) in [5, 5.41) is 9.43. The molecule has 0 aliphatic rings. The lowest BCUT2D eigenvalue weighted by Gasteiger charge is -2.33. The summed E-state index contributed by atoms with van der Waals surface area (Å²) in [4.78, 5) is 12.8. The van der Waals surface area contributed by atoms with Gasteiger partial charge in [-0.25, -0.2) is 9.18 Å². The number of benzene rings is 2. The standard InChI is InChI=1S/C19H23FN2O3/c1-12-5-8-17(15(20)9-12)25-14-6-7-16(21)13(10-14)11-22(18(23)24)19(2,3)4/h5-10H,11,21H2,1-4H3,(H,23,24). The Morgan fingerprint density at radius 2 is 1.92 bits per heavy atom. The maximum Gasteiger partial charge on any atom is 0.408 e. The van der Waals surface area contributed by atoms with Crippen molar-refractivity contribution in [3.8, 4) is 11.5 Å². The number of hydrogen-bond acceptors (Lipinski definition) is 3. The first-order chi connectivity index (χ1) is 11.6. The Kier molecular flexibility index (Phi) is 5.21. The van der Waals surface area contributed by atoms with Crippen molar-refractivity contribution in [1.29, 1.82) is 0 Å². The molecule has 0 radical (unpaired) electrons. The molecule has 5 nitrogen and oxygen atoms in total. The minimum absolute atomic E-state index is 0.104. The molecular formula is C19H23FN2O3. The SMILES string of the molecule is Cc1ccc(Oc2ccc(N)c(CN(C(=O)O)C(C)(C)C)c2)c(F)c1. The first kappa shape index (κ1) is 18.6. The molecule has 6 heteroatoms. The van der Waals surface area contributed by atoms with Crippen LogP contribution in [0.3, 0.4) is 0 Å². The number of carbonyl (C=O) groups is 1. The Morgan fingerprint density at radius 3 is 2.48 bits per heavy atom. The quantitative estimate of drug-likeness (QED) is 0.781.